The van der Waals surface area contributed by atoms with E-state index in [2.05, 4.69) is 0 Å². The van der Waals surface area contributed by atoms with Gasteiger partial charge in [-0.15, -0.1) is 0 Å². The maximum absolute atomic E-state index is 12.6. The molecule has 2 aromatic carbocycles. The summed E-state index contributed by atoms with van der Waals surface area (Å²) in [6, 6.07) is 13.3. The largest absolute Gasteiger partial charge is 0.497 e. The van der Waals surface area contributed by atoms with E-state index in [0.29, 0.717) is 22.7 Å². The summed E-state index contributed by atoms with van der Waals surface area (Å²) in [6.07, 6.45) is 0. The van der Waals surface area contributed by atoms with E-state index in [-0.39, 0.29) is 5.91 Å². The quantitative estimate of drug-likeness (QED) is 0.801. The molecule has 0 aromatic heterocycles. The Morgan fingerprint density at radius 1 is 1.11 bits per heavy atom. The van der Waals surface area contributed by atoms with Gasteiger partial charge in [0.2, 0.25) is 11.8 Å². The smallest absolute Gasteiger partial charge is 0.243 e. The van der Waals surface area contributed by atoms with Crippen molar-refractivity contribution in [3.05, 3.63) is 54.1 Å². The standard InChI is InChI=1S/C19H20N2O5S/c1-13(22)20(2)15-6-8-16(9-7-15)21-18(23)12-27(24,25)19(21)14-4-10-17(26-3)11-5-14/h4-11,19H,12H2,1-3H3/t19-/m0/s1. The SMILES string of the molecule is COc1ccc([C@H]2N(c3ccc(N(C)C(C)=O)cc3)C(=O)CS2(=O)=O)cc1. The second kappa shape index (κ2) is 7.03. The summed E-state index contributed by atoms with van der Waals surface area (Å²) in [5.74, 6) is -0.551. The molecule has 1 aliphatic rings. The van der Waals surface area contributed by atoms with Gasteiger partial charge in [0.15, 0.2) is 15.2 Å². The normalized spacial score (nSPS) is 18.4. The van der Waals surface area contributed by atoms with Crippen LogP contribution >= 0.6 is 0 Å². The van der Waals surface area contributed by atoms with Gasteiger partial charge in [-0.3, -0.25) is 14.5 Å². The first-order valence-electron chi connectivity index (χ1n) is 8.26. The molecular formula is C19H20N2O5S. The van der Waals surface area contributed by atoms with Crippen LogP contribution in [-0.2, 0) is 19.4 Å². The fourth-order valence-corrected chi connectivity index (χ4v) is 4.81. The number of sulfone groups is 1. The van der Waals surface area contributed by atoms with Gasteiger partial charge in [-0.25, -0.2) is 8.42 Å². The van der Waals surface area contributed by atoms with E-state index in [4.69, 9.17) is 4.74 Å². The van der Waals surface area contributed by atoms with Crippen LogP contribution in [0.4, 0.5) is 11.4 Å². The molecule has 0 radical (unpaired) electrons. The van der Waals surface area contributed by atoms with Gasteiger partial charge in [0.1, 0.15) is 11.5 Å². The molecule has 3 rings (SSSR count). The molecule has 1 saturated heterocycles. The van der Waals surface area contributed by atoms with E-state index < -0.39 is 26.9 Å². The monoisotopic (exact) mass is 388 g/mol. The number of rotatable bonds is 4. The van der Waals surface area contributed by atoms with Crippen molar-refractivity contribution in [3.8, 4) is 5.75 Å². The lowest BCUT2D eigenvalue weighted by atomic mass is 10.1. The summed E-state index contributed by atoms with van der Waals surface area (Å²) in [4.78, 5) is 26.7. The number of methoxy groups -OCH3 is 1. The molecule has 0 bridgehead atoms. The highest BCUT2D eigenvalue weighted by Gasteiger charge is 2.45. The summed E-state index contributed by atoms with van der Waals surface area (Å²) in [5.41, 5.74) is 1.61. The molecule has 7 nitrogen and oxygen atoms in total. The van der Waals surface area contributed by atoms with Crippen LogP contribution in [0.1, 0.15) is 17.9 Å². The summed E-state index contributed by atoms with van der Waals surface area (Å²) in [6.45, 7) is 1.45. The highest BCUT2D eigenvalue weighted by atomic mass is 32.2. The number of carbonyl (C=O) groups is 2. The Kier molecular flexibility index (Phi) is 4.93. The first kappa shape index (κ1) is 18.9. The van der Waals surface area contributed by atoms with Crippen LogP contribution in [0, 0.1) is 0 Å². The van der Waals surface area contributed by atoms with Crippen molar-refractivity contribution in [2.24, 2.45) is 0 Å². The summed E-state index contributed by atoms with van der Waals surface area (Å²) in [5, 5.41) is -1.09. The van der Waals surface area contributed by atoms with Crippen LogP contribution in [0.5, 0.6) is 5.75 Å². The fourth-order valence-electron chi connectivity index (χ4n) is 3.03. The molecule has 0 unspecified atom stereocenters. The van der Waals surface area contributed by atoms with Crippen molar-refractivity contribution in [2.45, 2.75) is 12.3 Å². The number of carbonyl (C=O) groups excluding carboxylic acids is 2. The number of hydrogen-bond acceptors (Lipinski definition) is 5. The molecular weight excluding hydrogens is 368 g/mol. The highest BCUT2D eigenvalue weighted by Crippen LogP contribution is 2.38. The Morgan fingerprint density at radius 2 is 1.70 bits per heavy atom. The number of nitrogens with zero attached hydrogens (tertiary/aromatic N) is 2. The maximum Gasteiger partial charge on any atom is 0.243 e. The van der Waals surface area contributed by atoms with E-state index in [0.717, 1.165) is 0 Å². The Balaban J connectivity index is 2.01. The van der Waals surface area contributed by atoms with Crippen LogP contribution < -0.4 is 14.5 Å². The van der Waals surface area contributed by atoms with E-state index in [1.807, 2.05) is 0 Å². The third kappa shape index (κ3) is 3.52. The maximum atomic E-state index is 12.6. The number of ether oxygens (including phenoxy) is 1. The van der Waals surface area contributed by atoms with Gasteiger partial charge >= 0.3 is 0 Å². The van der Waals surface area contributed by atoms with Crippen molar-refractivity contribution in [1.82, 2.24) is 0 Å². The molecule has 8 heteroatoms. The molecule has 1 fully saturated rings. The average molecular weight is 388 g/mol. The van der Waals surface area contributed by atoms with Gasteiger partial charge in [0.05, 0.1) is 7.11 Å². The minimum absolute atomic E-state index is 0.126. The highest BCUT2D eigenvalue weighted by molar-refractivity contribution is 7.93. The molecule has 142 valence electrons. The predicted octanol–water partition coefficient (Wildman–Crippen LogP) is 2.14. The number of benzene rings is 2. The third-order valence-corrected chi connectivity index (χ3v) is 6.37. The lowest BCUT2D eigenvalue weighted by Gasteiger charge is -2.25. The van der Waals surface area contributed by atoms with Gasteiger partial charge in [-0.05, 0) is 42.0 Å². The van der Waals surface area contributed by atoms with Crippen molar-refractivity contribution >= 4 is 33.0 Å². The second-order valence-electron chi connectivity index (χ2n) is 6.29. The minimum atomic E-state index is -3.68. The Labute approximate surface area is 158 Å². The van der Waals surface area contributed by atoms with Crippen LogP contribution in [0.3, 0.4) is 0 Å². The molecule has 1 aliphatic heterocycles. The van der Waals surface area contributed by atoms with Crippen LogP contribution in [0.2, 0.25) is 0 Å². The molecule has 1 heterocycles. The molecule has 2 amide bonds. The molecule has 0 saturated carbocycles. The molecule has 2 aromatic rings. The Hall–Kier alpha value is -2.87. The lowest BCUT2D eigenvalue weighted by molar-refractivity contribution is -0.116. The summed E-state index contributed by atoms with van der Waals surface area (Å²) >= 11 is 0. The van der Waals surface area contributed by atoms with Gasteiger partial charge in [0.25, 0.3) is 0 Å². The first-order chi connectivity index (χ1) is 12.7. The third-order valence-electron chi connectivity index (χ3n) is 4.56. The molecule has 0 spiro atoms. The lowest BCUT2D eigenvalue weighted by Crippen LogP contribution is -2.29. The molecule has 27 heavy (non-hydrogen) atoms. The number of anilines is 2. The van der Waals surface area contributed by atoms with Gasteiger partial charge < -0.3 is 9.64 Å². The number of amides is 2. The minimum Gasteiger partial charge on any atom is -0.497 e. The Morgan fingerprint density at radius 3 is 2.22 bits per heavy atom. The van der Waals surface area contributed by atoms with Crippen molar-refractivity contribution in [1.29, 1.82) is 0 Å². The first-order valence-corrected chi connectivity index (χ1v) is 9.98. The zero-order valence-corrected chi connectivity index (χ0v) is 16.1. The zero-order chi connectivity index (χ0) is 19.8. The summed E-state index contributed by atoms with van der Waals surface area (Å²) < 4.78 is 30.4. The Bertz CT molecular complexity index is 968. The van der Waals surface area contributed by atoms with Crippen molar-refractivity contribution in [2.75, 3.05) is 29.7 Å². The second-order valence-corrected chi connectivity index (χ2v) is 8.35. The zero-order valence-electron chi connectivity index (χ0n) is 15.2. The van der Waals surface area contributed by atoms with Crippen LogP contribution in [0.15, 0.2) is 48.5 Å². The van der Waals surface area contributed by atoms with E-state index in [1.54, 1.807) is 55.6 Å². The van der Waals surface area contributed by atoms with Crippen LogP contribution in [0.25, 0.3) is 0 Å². The van der Waals surface area contributed by atoms with E-state index in [1.165, 1.54) is 23.8 Å². The van der Waals surface area contributed by atoms with Gasteiger partial charge in [-0.1, -0.05) is 12.1 Å². The molecule has 0 aliphatic carbocycles. The average Bonchev–Trinajstić information content (AvgIpc) is 2.89. The van der Waals surface area contributed by atoms with E-state index >= 15 is 0 Å². The van der Waals surface area contributed by atoms with Gasteiger partial charge in [0, 0.05) is 25.3 Å². The van der Waals surface area contributed by atoms with Crippen LogP contribution in [-0.4, -0.2) is 40.1 Å². The van der Waals surface area contributed by atoms with Crippen molar-refractivity contribution < 1.29 is 22.7 Å². The predicted molar refractivity (Wildman–Crippen MR) is 103 cm³/mol. The van der Waals surface area contributed by atoms with Gasteiger partial charge in [-0.2, -0.15) is 0 Å². The van der Waals surface area contributed by atoms with Crippen molar-refractivity contribution in [3.63, 3.8) is 0 Å². The molecule has 0 N–H and O–H groups in total. The fraction of sp³-hybridized carbons (Fsp3) is 0.263. The number of hydrogen-bond donors (Lipinski definition) is 0. The topological polar surface area (TPSA) is 84.0 Å². The molecule has 1 atom stereocenters. The summed E-state index contributed by atoms with van der Waals surface area (Å²) in [7, 11) is -0.509. The van der Waals surface area contributed by atoms with E-state index in [9.17, 15) is 18.0 Å².